The maximum atomic E-state index is 4.32. The summed E-state index contributed by atoms with van der Waals surface area (Å²) in [5.41, 5.74) is 3.79. The van der Waals surface area contributed by atoms with Gasteiger partial charge in [0.2, 0.25) is 0 Å². The Morgan fingerprint density at radius 1 is 0.964 bits per heavy atom. The van der Waals surface area contributed by atoms with Crippen molar-refractivity contribution < 1.29 is 0 Å². The van der Waals surface area contributed by atoms with E-state index in [0.717, 1.165) is 24.6 Å². The summed E-state index contributed by atoms with van der Waals surface area (Å²) >= 11 is 0. The van der Waals surface area contributed by atoms with E-state index >= 15 is 0 Å². The average molecular weight is 489 g/mol. The summed E-state index contributed by atoms with van der Waals surface area (Å²) in [7, 11) is 3.74. The zero-order valence-corrected chi connectivity index (χ0v) is 18.7. The van der Waals surface area contributed by atoms with Gasteiger partial charge >= 0.3 is 0 Å². The fourth-order valence-corrected chi connectivity index (χ4v) is 3.20. The Hall–Kier alpha value is -2.35. The highest BCUT2D eigenvalue weighted by Gasteiger charge is 2.13. The second-order valence-corrected chi connectivity index (χ2v) is 6.46. The summed E-state index contributed by atoms with van der Waals surface area (Å²) in [4.78, 5) is 4.32. The predicted octanol–water partition coefficient (Wildman–Crippen LogP) is 3.93. The third-order valence-electron chi connectivity index (χ3n) is 4.71. The highest BCUT2D eigenvalue weighted by molar-refractivity contribution is 14.0. The van der Waals surface area contributed by atoms with Crippen molar-refractivity contribution in [3.8, 4) is 0 Å². The second-order valence-electron chi connectivity index (χ2n) is 6.46. The zero-order chi connectivity index (χ0) is 18.9. The van der Waals surface area contributed by atoms with Gasteiger partial charge in [-0.2, -0.15) is 5.10 Å². The van der Waals surface area contributed by atoms with Crippen LogP contribution in [0.3, 0.4) is 0 Å². The van der Waals surface area contributed by atoms with Crippen molar-refractivity contribution in [3.05, 3.63) is 89.7 Å². The van der Waals surface area contributed by atoms with Crippen LogP contribution in [-0.4, -0.2) is 29.3 Å². The maximum absolute atomic E-state index is 4.32. The van der Waals surface area contributed by atoms with Crippen LogP contribution in [0.5, 0.6) is 0 Å². The number of nitrogens with one attached hydrogen (secondary N) is 2. The van der Waals surface area contributed by atoms with Crippen LogP contribution >= 0.6 is 24.0 Å². The summed E-state index contributed by atoms with van der Waals surface area (Å²) < 4.78 is 1.86. The maximum Gasteiger partial charge on any atom is 0.191 e. The van der Waals surface area contributed by atoms with E-state index in [0.29, 0.717) is 12.5 Å². The number of aliphatic imine (C=N–C) groups is 1. The lowest BCUT2D eigenvalue weighted by Crippen LogP contribution is -2.38. The van der Waals surface area contributed by atoms with Crippen LogP contribution in [0.15, 0.2) is 77.9 Å². The van der Waals surface area contributed by atoms with Gasteiger partial charge in [-0.1, -0.05) is 60.7 Å². The van der Waals surface area contributed by atoms with Gasteiger partial charge in [-0.25, -0.2) is 0 Å². The van der Waals surface area contributed by atoms with Gasteiger partial charge in [0.05, 0.1) is 12.2 Å². The van der Waals surface area contributed by atoms with E-state index in [-0.39, 0.29) is 24.0 Å². The normalized spacial score (nSPS) is 11.2. The smallest absolute Gasteiger partial charge is 0.191 e. The quantitative estimate of drug-likeness (QED) is 0.301. The minimum absolute atomic E-state index is 0. The predicted molar refractivity (Wildman–Crippen MR) is 126 cm³/mol. The fraction of sp³-hybridized carbons (Fsp3) is 0.273. The van der Waals surface area contributed by atoms with Crippen molar-refractivity contribution in [1.29, 1.82) is 0 Å². The van der Waals surface area contributed by atoms with Crippen LogP contribution in [0.2, 0.25) is 0 Å². The molecule has 2 N–H and O–H groups in total. The first-order valence-corrected chi connectivity index (χ1v) is 9.29. The Labute approximate surface area is 184 Å². The number of halogens is 1. The molecule has 0 aliphatic carbocycles. The number of rotatable bonds is 7. The molecule has 0 radical (unpaired) electrons. The van der Waals surface area contributed by atoms with Gasteiger partial charge in [0.25, 0.3) is 0 Å². The molecule has 2 aromatic carbocycles. The molecular formula is C22H28IN5. The lowest BCUT2D eigenvalue weighted by Gasteiger charge is -2.19. The molecule has 0 saturated heterocycles. The van der Waals surface area contributed by atoms with Crippen molar-refractivity contribution in [2.75, 3.05) is 13.6 Å². The number of aromatic nitrogens is 2. The lowest BCUT2D eigenvalue weighted by molar-refractivity contribution is 0.662. The van der Waals surface area contributed by atoms with E-state index in [1.807, 2.05) is 17.8 Å². The lowest BCUT2D eigenvalue weighted by atomic mass is 9.88. The first kappa shape index (κ1) is 21.9. The molecule has 3 rings (SSSR count). The summed E-state index contributed by atoms with van der Waals surface area (Å²) in [6.07, 6.45) is 2.79. The van der Waals surface area contributed by atoms with Gasteiger partial charge in [-0.05, 0) is 23.6 Å². The van der Waals surface area contributed by atoms with Gasteiger partial charge in [0.1, 0.15) is 0 Å². The molecule has 1 aromatic heterocycles. The molecular weight excluding hydrogens is 461 g/mol. The van der Waals surface area contributed by atoms with Gasteiger partial charge < -0.3 is 10.6 Å². The Bertz CT molecular complexity index is 806. The molecule has 0 bridgehead atoms. The van der Waals surface area contributed by atoms with Crippen LogP contribution in [0.25, 0.3) is 0 Å². The fourth-order valence-electron chi connectivity index (χ4n) is 3.20. The minimum atomic E-state index is 0. The zero-order valence-electron chi connectivity index (χ0n) is 16.4. The van der Waals surface area contributed by atoms with E-state index < -0.39 is 0 Å². The number of aryl methyl sites for hydroxylation is 1. The molecule has 0 saturated carbocycles. The van der Waals surface area contributed by atoms with E-state index in [1.54, 1.807) is 13.2 Å². The molecule has 0 unspecified atom stereocenters. The van der Waals surface area contributed by atoms with Crippen LogP contribution < -0.4 is 10.6 Å². The topological polar surface area (TPSA) is 54.2 Å². The molecule has 3 aromatic rings. The Kier molecular flexibility index (Phi) is 9.00. The first-order chi connectivity index (χ1) is 13.3. The van der Waals surface area contributed by atoms with E-state index in [1.165, 1.54) is 11.1 Å². The minimum Gasteiger partial charge on any atom is -0.356 e. The number of benzene rings is 2. The van der Waals surface area contributed by atoms with Gasteiger partial charge in [0, 0.05) is 32.8 Å². The van der Waals surface area contributed by atoms with Crippen LogP contribution in [0.1, 0.15) is 29.2 Å². The van der Waals surface area contributed by atoms with Crippen LogP contribution in [0, 0.1) is 0 Å². The second kappa shape index (κ2) is 11.5. The molecule has 0 aliphatic rings. The van der Waals surface area contributed by atoms with Crippen molar-refractivity contribution >= 4 is 29.9 Å². The molecule has 0 spiro atoms. The molecule has 0 amide bonds. The van der Waals surface area contributed by atoms with E-state index in [9.17, 15) is 0 Å². The summed E-state index contributed by atoms with van der Waals surface area (Å²) in [6.45, 7) is 1.52. The molecule has 28 heavy (non-hydrogen) atoms. The third kappa shape index (κ3) is 6.09. The summed E-state index contributed by atoms with van der Waals surface area (Å²) in [6, 6.07) is 23.4. The largest absolute Gasteiger partial charge is 0.356 e. The Morgan fingerprint density at radius 2 is 1.57 bits per heavy atom. The highest BCUT2D eigenvalue weighted by Crippen LogP contribution is 2.27. The number of nitrogens with zero attached hydrogens (tertiary/aromatic N) is 3. The Balaban J connectivity index is 0.00000280. The summed E-state index contributed by atoms with van der Waals surface area (Å²) in [5.74, 6) is 1.16. The number of guanidine groups is 1. The Morgan fingerprint density at radius 3 is 2.07 bits per heavy atom. The molecule has 148 valence electrons. The van der Waals surface area contributed by atoms with Gasteiger partial charge in [0.15, 0.2) is 5.96 Å². The van der Waals surface area contributed by atoms with Crippen molar-refractivity contribution in [1.82, 2.24) is 20.4 Å². The van der Waals surface area contributed by atoms with Crippen molar-refractivity contribution in [2.45, 2.75) is 18.9 Å². The third-order valence-corrected chi connectivity index (χ3v) is 4.71. The number of hydrogen-bond acceptors (Lipinski definition) is 2. The van der Waals surface area contributed by atoms with Gasteiger partial charge in [-0.15, -0.1) is 24.0 Å². The van der Waals surface area contributed by atoms with Crippen LogP contribution in [-0.2, 0) is 13.6 Å². The van der Waals surface area contributed by atoms with E-state index in [4.69, 9.17) is 0 Å². The highest BCUT2D eigenvalue weighted by atomic mass is 127. The molecule has 5 nitrogen and oxygen atoms in total. The van der Waals surface area contributed by atoms with Gasteiger partial charge in [-0.3, -0.25) is 9.67 Å². The molecule has 0 fully saturated rings. The van der Waals surface area contributed by atoms with E-state index in [2.05, 4.69) is 81.4 Å². The average Bonchev–Trinajstić information content (AvgIpc) is 3.13. The van der Waals surface area contributed by atoms with Crippen molar-refractivity contribution in [3.63, 3.8) is 0 Å². The molecule has 1 heterocycles. The number of hydrogen-bond donors (Lipinski definition) is 2. The SMILES string of the molecule is CN=C(NCCC(c1ccccc1)c1ccccc1)NCc1ccnn1C.I. The molecule has 0 atom stereocenters. The first-order valence-electron chi connectivity index (χ1n) is 9.29. The molecule has 6 heteroatoms. The van der Waals surface area contributed by atoms with Crippen LogP contribution in [0.4, 0.5) is 0 Å². The monoisotopic (exact) mass is 489 g/mol. The standard InChI is InChI=1S/C22H27N5.HI/c1-23-22(25-17-20-13-16-26-27(20)2)24-15-14-21(18-9-5-3-6-10-18)19-11-7-4-8-12-19;/h3-13,16,21H,14-15,17H2,1-2H3,(H2,23,24,25);1H. The molecule has 0 aliphatic heterocycles. The van der Waals surface area contributed by atoms with Crippen molar-refractivity contribution in [2.24, 2.45) is 12.0 Å². The summed E-state index contributed by atoms with van der Waals surface area (Å²) in [5, 5.41) is 11.0.